The van der Waals surface area contributed by atoms with E-state index in [0.29, 0.717) is 6.54 Å². The van der Waals surface area contributed by atoms with E-state index in [0.717, 1.165) is 31.4 Å². The molecule has 0 aromatic carbocycles. The summed E-state index contributed by atoms with van der Waals surface area (Å²) in [5.74, 6) is 1.71. The molecule has 110 valence electrons. The highest BCUT2D eigenvalue weighted by Gasteiger charge is 2.47. The van der Waals surface area contributed by atoms with Crippen molar-refractivity contribution >= 4 is 5.91 Å². The summed E-state index contributed by atoms with van der Waals surface area (Å²) in [5.41, 5.74) is 0. The monoisotopic (exact) mass is 277 g/mol. The number of furan rings is 1. The molecule has 2 aliphatic rings. The van der Waals surface area contributed by atoms with Crippen LogP contribution in [0.25, 0.3) is 0 Å². The molecule has 1 heterocycles. The fraction of sp³-hybridized carbons (Fsp3) is 0.688. The number of rotatable bonds is 4. The van der Waals surface area contributed by atoms with Crippen LogP contribution in [0.5, 0.6) is 0 Å². The van der Waals surface area contributed by atoms with Crippen molar-refractivity contribution in [3.05, 3.63) is 24.2 Å². The maximum absolute atomic E-state index is 12.4. The van der Waals surface area contributed by atoms with E-state index < -0.39 is 0 Å². The molecule has 1 aromatic rings. The van der Waals surface area contributed by atoms with Gasteiger partial charge in [0.05, 0.1) is 12.4 Å². The predicted molar refractivity (Wildman–Crippen MR) is 75.2 cm³/mol. The van der Waals surface area contributed by atoms with Crippen molar-refractivity contribution in [2.75, 3.05) is 13.6 Å². The molecule has 2 saturated carbocycles. The van der Waals surface area contributed by atoms with Gasteiger partial charge < -0.3 is 14.4 Å². The highest BCUT2D eigenvalue weighted by atomic mass is 16.3. The number of hydrogen-bond donors (Lipinski definition) is 1. The van der Waals surface area contributed by atoms with Crippen LogP contribution in [0.1, 0.15) is 43.8 Å². The van der Waals surface area contributed by atoms with Crippen LogP contribution >= 0.6 is 0 Å². The van der Waals surface area contributed by atoms with Gasteiger partial charge in [0.1, 0.15) is 5.76 Å². The van der Waals surface area contributed by atoms with Crippen LogP contribution in [-0.2, 0) is 4.79 Å². The molecule has 1 amide bonds. The smallest absolute Gasteiger partial charge is 0.226 e. The van der Waals surface area contributed by atoms with Gasteiger partial charge >= 0.3 is 0 Å². The Kier molecular flexibility index (Phi) is 3.83. The molecule has 2 aliphatic carbocycles. The Labute approximate surface area is 119 Å². The first-order valence-electron chi connectivity index (χ1n) is 7.63. The number of carbonyl (C=O) groups excluding carboxylic acids is 1. The molecule has 0 radical (unpaired) electrons. The Bertz CT molecular complexity index is 456. The first kappa shape index (κ1) is 13.7. The molecular weight excluding hydrogens is 254 g/mol. The Morgan fingerprint density at radius 3 is 2.95 bits per heavy atom. The van der Waals surface area contributed by atoms with Crippen molar-refractivity contribution < 1.29 is 14.3 Å². The molecule has 1 aromatic heterocycles. The number of nitrogens with zero attached hydrogens (tertiary/aromatic N) is 1. The normalized spacial score (nSPS) is 32.9. The topological polar surface area (TPSA) is 53.7 Å². The molecule has 4 nitrogen and oxygen atoms in total. The van der Waals surface area contributed by atoms with Gasteiger partial charge in [-0.2, -0.15) is 0 Å². The van der Waals surface area contributed by atoms with Gasteiger partial charge in [-0.3, -0.25) is 4.79 Å². The Hall–Kier alpha value is -1.29. The fourth-order valence-corrected chi connectivity index (χ4v) is 3.41. The number of aliphatic hydroxyl groups is 1. The van der Waals surface area contributed by atoms with E-state index in [-0.39, 0.29) is 29.8 Å². The second-order valence-corrected chi connectivity index (χ2v) is 6.29. The van der Waals surface area contributed by atoms with Gasteiger partial charge in [0.15, 0.2) is 0 Å². The van der Waals surface area contributed by atoms with Gasteiger partial charge in [-0.05, 0) is 31.4 Å². The maximum Gasteiger partial charge on any atom is 0.226 e. The number of carbonyl (C=O) groups is 1. The lowest BCUT2D eigenvalue weighted by molar-refractivity contribution is -0.132. The largest absolute Gasteiger partial charge is 0.469 e. The molecule has 0 bridgehead atoms. The second-order valence-electron chi connectivity index (χ2n) is 6.29. The van der Waals surface area contributed by atoms with E-state index >= 15 is 0 Å². The van der Waals surface area contributed by atoms with Gasteiger partial charge in [0, 0.05) is 31.3 Å². The third-order valence-corrected chi connectivity index (χ3v) is 4.77. The molecule has 1 N–H and O–H groups in total. The minimum atomic E-state index is -0.237. The second kappa shape index (κ2) is 5.60. The molecular formula is C16H23NO3. The Balaban J connectivity index is 1.53. The van der Waals surface area contributed by atoms with Crippen LogP contribution in [0.3, 0.4) is 0 Å². The molecule has 0 aliphatic heterocycles. The molecule has 0 spiro atoms. The lowest BCUT2D eigenvalue weighted by Crippen LogP contribution is -2.38. The molecule has 4 atom stereocenters. The summed E-state index contributed by atoms with van der Waals surface area (Å²) >= 11 is 0. The summed E-state index contributed by atoms with van der Waals surface area (Å²) < 4.78 is 5.37. The van der Waals surface area contributed by atoms with Crippen molar-refractivity contribution in [2.45, 2.75) is 44.1 Å². The van der Waals surface area contributed by atoms with Gasteiger partial charge in [0.2, 0.25) is 5.91 Å². The summed E-state index contributed by atoms with van der Waals surface area (Å²) in [6.45, 7) is 0.682. The zero-order valence-electron chi connectivity index (χ0n) is 12.0. The molecule has 20 heavy (non-hydrogen) atoms. The van der Waals surface area contributed by atoms with Crippen molar-refractivity contribution in [1.29, 1.82) is 0 Å². The SMILES string of the molecule is CN(CC1CCCCC1O)C(=O)C1CC1c1ccco1. The molecule has 2 fully saturated rings. The molecule has 3 rings (SSSR count). The van der Waals surface area contributed by atoms with E-state index in [2.05, 4.69) is 0 Å². The third-order valence-electron chi connectivity index (χ3n) is 4.77. The minimum absolute atomic E-state index is 0.0758. The number of hydrogen-bond acceptors (Lipinski definition) is 3. The van der Waals surface area contributed by atoms with Crippen molar-refractivity contribution in [3.8, 4) is 0 Å². The summed E-state index contributed by atoms with van der Waals surface area (Å²) in [5, 5.41) is 10.0. The van der Waals surface area contributed by atoms with Crippen LogP contribution in [0, 0.1) is 11.8 Å². The summed E-state index contributed by atoms with van der Waals surface area (Å²) in [6.07, 6.45) is 6.51. The van der Waals surface area contributed by atoms with Gasteiger partial charge in [0.25, 0.3) is 0 Å². The Morgan fingerprint density at radius 2 is 2.25 bits per heavy atom. The van der Waals surface area contributed by atoms with Gasteiger partial charge in [-0.25, -0.2) is 0 Å². The van der Waals surface area contributed by atoms with Crippen molar-refractivity contribution in [3.63, 3.8) is 0 Å². The van der Waals surface area contributed by atoms with Crippen LogP contribution in [0.4, 0.5) is 0 Å². The first-order chi connectivity index (χ1) is 9.66. The fourth-order valence-electron chi connectivity index (χ4n) is 3.41. The van der Waals surface area contributed by atoms with Crippen molar-refractivity contribution in [1.82, 2.24) is 4.90 Å². The van der Waals surface area contributed by atoms with E-state index in [9.17, 15) is 9.90 Å². The summed E-state index contributed by atoms with van der Waals surface area (Å²) in [6, 6.07) is 3.82. The highest BCUT2D eigenvalue weighted by molar-refractivity contribution is 5.82. The van der Waals surface area contributed by atoms with Crippen LogP contribution in [-0.4, -0.2) is 35.6 Å². The quantitative estimate of drug-likeness (QED) is 0.919. The predicted octanol–water partition coefficient (Wildman–Crippen LogP) is 2.39. The standard InChI is InChI=1S/C16H23NO3/c1-17(10-11-5-2-3-6-14(11)18)16(19)13-9-12(13)15-7-4-8-20-15/h4,7-8,11-14,18H,2-3,5-6,9-10H2,1H3. The van der Waals surface area contributed by atoms with E-state index in [1.54, 1.807) is 6.26 Å². The summed E-state index contributed by atoms with van der Waals surface area (Å²) in [4.78, 5) is 14.2. The van der Waals surface area contributed by atoms with Crippen LogP contribution in [0.15, 0.2) is 22.8 Å². The van der Waals surface area contributed by atoms with Gasteiger partial charge in [-0.1, -0.05) is 12.8 Å². The number of aliphatic hydroxyl groups excluding tert-OH is 1. The van der Waals surface area contributed by atoms with Gasteiger partial charge in [-0.15, -0.1) is 0 Å². The summed E-state index contributed by atoms with van der Waals surface area (Å²) in [7, 11) is 1.86. The van der Waals surface area contributed by atoms with E-state index in [1.165, 1.54) is 6.42 Å². The average Bonchev–Trinajstić information content (AvgIpc) is 3.06. The van der Waals surface area contributed by atoms with Crippen LogP contribution in [0.2, 0.25) is 0 Å². The average molecular weight is 277 g/mol. The zero-order chi connectivity index (χ0) is 14.1. The van der Waals surface area contributed by atoms with E-state index in [4.69, 9.17) is 4.42 Å². The third kappa shape index (κ3) is 2.75. The number of amides is 1. The van der Waals surface area contributed by atoms with E-state index in [1.807, 2.05) is 24.1 Å². The molecule has 0 saturated heterocycles. The van der Waals surface area contributed by atoms with Crippen molar-refractivity contribution in [2.24, 2.45) is 11.8 Å². The van der Waals surface area contributed by atoms with Crippen LogP contribution < -0.4 is 0 Å². The zero-order valence-corrected chi connectivity index (χ0v) is 12.0. The molecule has 4 unspecified atom stereocenters. The maximum atomic E-state index is 12.4. The highest BCUT2D eigenvalue weighted by Crippen LogP contribution is 2.48. The lowest BCUT2D eigenvalue weighted by Gasteiger charge is -2.31. The minimum Gasteiger partial charge on any atom is -0.469 e. The molecule has 4 heteroatoms. The lowest BCUT2D eigenvalue weighted by atomic mass is 9.86. The first-order valence-corrected chi connectivity index (χ1v) is 7.63. The Morgan fingerprint density at radius 1 is 1.45 bits per heavy atom.